The third-order valence-corrected chi connectivity index (χ3v) is 3.26. The summed E-state index contributed by atoms with van der Waals surface area (Å²) in [5, 5.41) is 21.3. The second-order valence-corrected chi connectivity index (χ2v) is 5.11. The van der Waals surface area contributed by atoms with E-state index >= 15 is 0 Å². The van der Waals surface area contributed by atoms with Gasteiger partial charge in [-0.3, -0.25) is 19.3 Å². The third kappa shape index (κ3) is 5.86. The summed E-state index contributed by atoms with van der Waals surface area (Å²) in [6.45, 7) is 0.514. The second kappa shape index (κ2) is 10.6. The fraction of sp³-hybridized carbons (Fsp3) is 0.571. The molecule has 0 aromatic carbocycles. The molecule has 4 N–H and O–H groups in total. The van der Waals surface area contributed by atoms with Crippen LogP contribution in [0.2, 0.25) is 0 Å². The van der Waals surface area contributed by atoms with Crippen molar-refractivity contribution in [1.82, 2.24) is 30.1 Å². The van der Waals surface area contributed by atoms with E-state index in [1.54, 1.807) is 4.57 Å². The van der Waals surface area contributed by atoms with Crippen LogP contribution < -0.4 is 10.9 Å². The number of hydrogen-bond acceptors (Lipinski definition) is 9. The van der Waals surface area contributed by atoms with Crippen molar-refractivity contribution in [2.24, 2.45) is 0 Å². The van der Waals surface area contributed by atoms with Gasteiger partial charge in [-0.15, -0.1) is 0 Å². The summed E-state index contributed by atoms with van der Waals surface area (Å²) in [7, 11) is 0. The summed E-state index contributed by atoms with van der Waals surface area (Å²) >= 11 is 0. The molecule has 0 aliphatic rings. The van der Waals surface area contributed by atoms with Crippen molar-refractivity contribution in [3.8, 4) is 0 Å². The molecule has 0 radical (unpaired) electrons. The Morgan fingerprint density at radius 2 is 2.00 bits per heavy atom. The number of nitrogens with zero attached hydrogens (tertiary/aromatic N) is 4. The lowest BCUT2D eigenvalue weighted by Gasteiger charge is -2.20. The Hall–Kier alpha value is -2.38. The number of nitrogens with one attached hydrogen (secondary N) is 2. The molecule has 2 aromatic heterocycles. The normalized spacial score (nSPS) is 11.3. The van der Waals surface area contributed by atoms with Crippen molar-refractivity contribution in [1.29, 1.82) is 0 Å². The number of hydrogen-bond donors (Lipinski definition) is 4. The van der Waals surface area contributed by atoms with E-state index < -0.39 is 0 Å². The lowest BCUT2D eigenvalue weighted by atomic mass is 10.4. The summed E-state index contributed by atoms with van der Waals surface area (Å²) < 4.78 is 1.63. The molecular formula is C14H22N6O6. The first-order chi connectivity index (χ1) is 12.7. The number of aromatic amines is 1. The maximum Gasteiger partial charge on any atom is 0.278 e. The zero-order chi connectivity index (χ0) is 18.8. The van der Waals surface area contributed by atoms with Crippen molar-refractivity contribution in [2.75, 3.05) is 39.5 Å². The average Bonchev–Trinajstić information content (AvgIpc) is 3.06. The number of aliphatic hydroxyl groups is 2. The van der Waals surface area contributed by atoms with Crippen molar-refractivity contribution in [3.05, 3.63) is 23.0 Å². The highest BCUT2D eigenvalue weighted by atomic mass is 16.9. The Bertz CT molecular complexity index is 739. The zero-order valence-electron chi connectivity index (χ0n) is 14.1. The molecule has 12 nitrogen and oxygen atoms in total. The number of aliphatic hydroxyl groups excluding tert-OH is 2. The molecule has 0 saturated carbocycles. The molecule has 0 fully saturated rings. The summed E-state index contributed by atoms with van der Waals surface area (Å²) in [6, 6.07) is 0. The fourth-order valence-corrected chi connectivity index (χ4v) is 2.10. The standard InChI is InChI=1S/C14H22N6O6/c21-5-7-25-20(26-8-6-22)4-2-15-11(23)1-3-19-10-18-12-13(19)16-9-17-14(12)24/h9-10,21-22H,1-8H2,(H,15,23)(H,16,17,24). The Morgan fingerprint density at radius 1 is 1.27 bits per heavy atom. The van der Waals surface area contributed by atoms with Gasteiger partial charge in [-0.2, -0.15) is 0 Å². The minimum atomic E-state index is -0.330. The topological polar surface area (TPSA) is 155 Å². The number of aryl methyl sites for hydroxylation is 1. The molecule has 0 aliphatic carbocycles. The molecule has 0 saturated heterocycles. The molecule has 0 spiro atoms. The summed E-state index contributed by atoms with van der Waals surface area (Å²) in [4.78, 5) is 44.2. The number of H-pyrrole nitrogens is 1. The summed E-state index contributed by atoms with van der Waals surface area (Å²) in [5.41, 5.74) is 0.317. The monoisotopic (exact) mass is 370 g/mol. The van der Waals surface area contributed by atoms with Crippen LogP contribution in [0.1, 0.15) is 6.42 Å². The number of carbonyl (C=O) groups is 1. The zero-order valence-corrected chi connectivity index (χ0v) is 14.1. The number of hydroxylamine groups is 2. The highest BCUT2D eigenvalue weighted by Gasteiger charge is 2.10. The van der Waals surface area contributed by atoms with Gasteiger partial charge in [0.1, 0.15) is 0 Å². The van der Waals surface area contributed by atoms with Gasteiger partial charge in [-0.1, -0.05) is 5.23 Å². The molecule has 1 amide bonds. The first-order valence-electron chi connectivity index (χ1n) is 8.06. The molecule has 0 aliphatic heterocycles. The van der Waals surface area contributed by atoms with Crippen LogP contribution in [-0.2, 0) is 21.0 Å². The van der Waals surface area contributed by atoms with Crippen molar-refractivity contribution >= 4 is 17.1 Å². The Kier molecular flexibility index (Phi) is 8.11. The third-order valence-electron chi connectivity index (χ3n) is 3.26. The first kappa shape index (κ1) is 19.9. The van der Waals surface area contributed by atoms with E-state index in [0.29, 0.717) is 12.2 Å². The quantitative estimate of drug-likeness (QED) is 0.304. The van der Waals surface area contributed by atoms with Gasteiger partial charge in [0, 0.05) is 19.5 Å². The van der Waals surface area contributed by atoms with Crippen LogP contribution in [0, 0.1) is 0 Å². The van der Waals surface area contributed by atoms with E-state index in [2.05, 4.69) is 20.3 Å². The van der Waals surface area contributed by atoms with Crippen LogP contribution in [0.15, 0.2) is 17.4 Å². The van der Waals surface area contributed by atoms with Crippen LogP contribution >= 0.6 is 0 Å². The molecule has 2 heterocycles. The van der Waals surface area contributed by atoms with Crippen LogP contribution in [-0.4, -0.2) is 80.4 Å². The van der Waals surface area contributed by atoms with Crippen molar-refractivity contribution in [2.45, 2.75) is 13.0 Å². The fourth-order valence-electron chi connectivity index (χ4n) is 2.10. The first-order valence-corrected chi connectivity index (χ1v) is 8.06. The number of imidazole rings is 1. The van der Waals surface area contributed by atoms with Crippen molar-refractivity contribution < 1.29 is 24.7 Å². The molecular weight excluding hydrogens is 348 g/mol. The van der Waals surface area contributed by atoms with Crippen LogP contribution in [0.4, 0.5) is 0 Å². The molecule has 12 heteroatoms. The maximum atomic E-state index is 11.9. The van der Waals surface area contributed by atoms with E-state index in [0.717, 1.165) is 5.23 Å². The highest BCUT2D eigenvalue weighted by Crippen LogP contribution is 2.04. The van der Waals surface area contributed by atoms with Crippen LogP contribution in [0.3, 0.4) is 0 Å². The van der Waals surface area contributed by atoms with Gasteiger partial charge < -0.3 is 25.1 Å². The molecule has 0 atom stereocenters. The molecule has 26 heavy (non-hydrogen) atoms. The average molecular weight is 370 g/mol. The van der Waals surface area contributed by atoms with Crippen LogP contribution in [0.5, 0.6) is 0 Å². The Labute approximate surface area is 148 Å². The summed E-state index contributed by atoms with van der Waals surface area (Å²) in [5.74, 6) is -0.207. The number of fused-ring (bicyclic) bond motifs is 1. The Morgan fingerprint density at radius 3 is 2.69 bits per heavy atom. The number of carbonyl (C=O) groups excluding carboxylic acids is 1. The van der Waals surface area contributed by atoms with E-state index in [4.69, 9.17) is 19.9 Å². The van der Waals surface area contributed by atoms with E-state index in [1.165, 1.54) is 12.7 Å². The van der Waals surface area contributed by atoms with Gasteiger partial charge >= 0.3 is 0 Å². The Balaban J connectivity index is 1.75. The maximum absolute atomic E-state index is 11.9. The van der Waals surface area contributed by atoms with Gasteiger partial charge in [0.15, 0.2) is 11.2 Å². The van der Waals surface area contributed by atoms with Gasteiger partial charge in [0.05, 0.1) is 45.6 Å². The molecule has 2 aromatic rings. The number of aromatic nitrogens is 4. The van der Waals surface area contributed by atoms with Crippen molar-refractivity contribution in [3.63, 3.8) is 0 Å². The SMILES string of the molecule is O=C(CCn1cnc2c(=O)[nH]cnc21)NCCN(OCCO)OCCO. The smallest absolute Gasteiger partial charge is 0.278 e. The number of amides is 1. The van der Waals surface area contributed by atoms with E-state index in [-0.39, 0.29) is 62.9 Å². The van der Waals surface area contributed by atoms with Gasteiger partial charge in [0.25, 0.3) is 5.56 Å². The predicted molar refractivity (Wildman–Crippen MR) is 88.6 cm³/mol. The minimum absolute atomic E-state index is 0.0409. The van der Waals surface area contributed by atoms with E-state index in [1.807, 2.05) is 0 Å². The molecule has 0 bridgehead atoms. The van der Waals surface area contributed by atoms with Gasteiger partial charge in [-0.05, 0) is 0 Å². The lowest BCUT2D eigenvalue weighted by Crippen LogP contribution is -2.36. The van der Waals surface area contributed by atoms with Gasteiger partial charge in [0.2, 0.25) is 5.91 Å². The second-order valence-electron chi connectivity index (χ2n) is 5.11. The number of rotatable bonds is 12. The largest absolute Gasteiger partial charge is 0.394 e. The van der Waals surface area contributed by atoms with Gasteiger partial charge in [-0.25, -0.2) is 9.97 Å². The molecule has 2 rings (SSSR count). The molecule has 0 unspecified atom stereocenters. The summed E-state index contributed by atoms with van der Waals surface area (Å²) in [6.07, 6.45) is 2.93. The van der Waals surface area contributed by atoms with E-state index in [9.17, 15) is 9.59 Å². The highest BCUT2D eigenvalue weighted by molar-refractivity contribution is 5.76. The molecule has 144 valence electrons. The predicted octanol–water partition coefficient (Wildman–Crippen LogP) is -2.22. The lowest BCUT2D eigenvalue weighted by molar-refractivity contribution is -0.370. The minimum Gasteiger partial charge on any atom is -0.394 e. The van der Waals surface area contributed by atoms with Crippen LogP contribution in [0.25, 0.3) is 11.2 Å².